The first-order valence-corrected chi connectivity index (χ1v) is 8.90. The largest absolute Gasteiger partial charge is 0.394 e. The fourth-order valence-electron chi connectivity index (χ4n) is 2.95. The third kappa shape index (κ3) is 7.10. The van der Waals surface area contributed by atoms with Gasteiger partial charge in [0.05, 0.1) is 31.8 Å². The van der Waals surface area contributed by atoms with E-state index < -0.39 is 6.10 Å². The van der Waals surface area contributed by atoms with Gasteiger partial charge in [-0.15, -0.1) is 0 Å². The number of ether oxygens (including phenoxy) is 2. The first kappa shape index (κ1) is 19.8. The van der Waals surface area contributed by atoms with Crippen LogP contribution in [0.1, 0.15) is 31.2 Å². The second kappa shape index (κ2) is 11.2. The van der Waals surface area contributed by atoms with Crippen LogP contribution in [-0.2, 0) is 16.0 Å². The molecule has 0 bridgehead atoms. The van der Waals surface area contributed by atoms with Crippen molar-refractivity contribution < 1.29 is 19.7 Å². The summed E-state index contributed by atoms with van der Waals surface area (Å²) in [5.41, 5.74) is 1.09. The summed E-state index contributed by atoms with van der Waals surface area (Å²) in [7, 11) is 0. The molecule has 1 saturated heterocycles. The molecule has 1 heterocycles. The molecule has 3 atom stereocenters. The van der Waals surface area contributed by atoms with Crippen molar-refractivity contribution in [2.45, 2.75) is 50.7 Å². The van der Waals surface area contributed by atoms with E-state index in [-0.39, 0.29) is 31.9 Å². The highest BCUT2D eigenvalue weighted by atomic mass is 16.7. The Balaban J connectivity index is 2.01. The van der Waals surface area contributed by atoms with E-state index in [1.54, 1.807) is 0 Å². The van der Waals surface area contributed by atoms with Gasteiger partial charge in [0.15, 0.2) is 6.29 Å². The SMILES string of the molecule is N#CCC(COC1CCCCO1)N(Cc1ccccc1)CC(O)CO. The molecule has 0 aromatic heterocycles. The van der Waals surface area contributed by atoms with Crippen LogP contribution in [0, 0.1) is 11.3 Å². The van der Waals surface area contributed by atoms with Gasteiger partial charge in [-0.25, -0.2) is 0 Å². The number of rotatable bonds is 10. The predicted molar refractivity (Wildman–Crippen MR) is 93.5 cm³/mol. The minimum atomic E-state index is -0.851. The van der Waals surface area contributed by atoms with E-state index in [2.05, 4.69) is 6.07 Å². The number of hydrogen-bond acceptors (Lipinski definition) is 6. The molecule has 2 rings (SSSR count). The maximum absolute atomic E-state index is 9.90. The van der Waals surface area contributed by atoms with Gasteiger partial charge in [0.2, 0.25) is 0 Å². The molecule has 0 radical (unpaired) electrons. The van der Waals surface area contributed by atoms with Gasteiger partial charge in [-0.3, -0.25) is 4.90 Å². The average Bonchev–Trinajstić information content (AvgIpc) is 2.66. The maximum Gasteiger partial charge on any atom is 0.157 e. The molecule has 25 heavy (non-hydrogen) atoms. The van der Waals surface area contributed by atoms with Crippen molar-refractivity contribution in [3.8, 4) is 6.07 Å². The van der Waals surface area contributed by atoms with Gasteiger partial charge in [0, 0.05) is 25.7 Å². The summed E-state index contributed by atoms with van der Waals surface area (Å²) < 4.78 is 11.5. The van der Waals surface area contributed by atoms with Crippen LogP contribution in [0.4, 0.5) is 0 Å². The summed E-state index contributed by atoms with van der Waals surface area (Å²) in [6.45, 7) is 1.64. The smallest absolute Gasteiger partial charge is 0.157 e. The first-order valence-electron chi connectivity index (χ1n) is 8.90. The average molecular weight is 348 g/mol. The van der Waals surface area contributed by atoms with Gasteiger partial charge in [0.1, 0.15) is 0 Å². The molecule has 0 amide bonds. The van der Waals surface area contributed by atoms with Crippen LogP contribution in [0.15, 0.2) is 30.3 Å². The molecule has 1 aromatic rings. The van der Waals surface area contributed by atoms with E-state index in [1.807, 2.05) is 35.2 Å². The Bertz CT molecular complexity index is 514. The molecule has 1 aromatic carbocycles. The number of aliphatic hydroxyl groups excluding tert-OH is 2. The summed E-state index contributed by atoms with van der Waals surface area (Å²) in [4.78, 5) is 2.00. The van der Waals surface area contributed by atoms with E-state index >= 15 is 0 Å². The molecule has 138 valence electrons. The standard InChI is InChI=1S/C19H28N2O4/c20-10-9-17(15-25-19-8-4-5-11-24-19)21(13-18(23)14-22)12-16-6-2-1-3-7-16/h1-3,6-7,17-19,22-23H,4-5,8-9,11-15H2. The zero-order chi connectivity index (χ0) is 17.9. The third-order valence-electron chi connectivity index (χ3n) is 4.34. The number of aliphatic hydroxyl groups is 2. The minimum absolute atomic E-state index is 0.170. The Labute approximate surface area is 149 Å². The van der Waals surface area contributed by atoms with E-state index in [4.69, 9.17) is 9.47 Å². The Hall–Kier alpha value is -1.49. The molecule has 3 unspecified atom stereocenters. The third-order valence-corrected chi connectivity index (χ3v) is 4.34. The lowest BCUT2D eigenvalue weighted by Crippen LogP contribution is -2.44. The topological polar surface area (TPSA) is 86.0 Å². The molecular weight excluding hydrogens is 320 g/mol. The van der Waals surface area contributed by atoms with E-state index in [1.165, 1.54) is 0 Å². The summed E-state index contributed by atoms with van der Waals surface area (Å²) in [5, 5.41) is 28.3. The zero-order valence-electron chi connectivity index (χ0n) is 14.6. The van der Waals surface area contributed by atoms with Gasteiger partial charge < -0.3 is 19.7 Å². The highest BCUT2D eigenvalue weighted by Crippen LogP contribution is 2.17. The Morgan fingerprint density at radius 2 is 2.12 bits per heavy atom. The fraction of sp³-hybridized carbons (Fsp3) is 0.632. The van der Waals surface area contributed by atoms with Crippen molar-refractivity contribution in [3.05, 3.63) is 35.9 Å². The monoisotopic (exact) mass is 348 g/mol. The lowest BCUT2D eigenvalue weighted by atomic mass is 10.1. The minimum Gasteiger partial charge on any atom is -0.394 e. The van der Waals surface area contributed by atoms with Gasteiger partial charge in [-0.05, 0) is 24.8 Å². The zero-order valence-corrected chi connectivity index (χ0v) is 14.6. The van der Waals surface area contributed by atoms with Crippen molar-refractivity contribution >= 4 is 0 Å². The van der Waals surface area contributed by atoms with Crippen molar-refractivity contribution in [1.82, 2.24) is 4.90 Å². The summed E-state index contributed by atoms with van der Waals surface area (Å²) >= 11 is 0. The van der Waals surface area contributed by atoms with Crippen LogP contribution in [0.5, 0.6) is 0 Å². The Morgan fingerprint density at radius 3 is 2.76 bits per heavy atom. The summed E-state index contributed by atoms with van der Waals surface area (Å²) in [6, 6.07) is 11.9. The van der Waals surface area contributed by atoms with Crippen molar-refractivity contribution in [1.29, 1.82) is 5.26 Å². The second-order valence-corrected chi connectivity index (χ2v) is 6.40. The Morgan fingerprint density at radius 1 is 1.32 bits per heavy atom. The molecule has 1 fully saturated rings. The molecule has 6 nitrogen and oxygen atoms in total. The molecule has 6 heteroatoms. The maximum atomic E-state index is 9.90. The number of nitriles is 1. The van der Waals surface area contributed by atoms with Crippen LogP contribution in [0.3, 0.4) is 0 Å². The molecule has 1 aliphatic heterocycles. The normalized spacial score (nSPS) is 20.2. The molecular formula is C19H28N2O4. The first-order chi connectivity index (χ1) is 12.2. The van der Waals surface area contributed by atoms with Crippen LogP contribution >= 0.6 is 0 Å². The second-order valence-electron chi connectivity index (χ2n) is 6.40. The lowest BCUT2D eigenvalue weighted by Gasteiger charge is -2.33. The van der Waals surface area contributed by atoms with Gasteiger partial charge in [0.25, 0.3) is 0 Å². The molecule has 0 saturated carbocycles. The van der Waals surface area contributed by atoms with Gasteiger partial charge in [-0.1, -0.05) is 30.3 Å². The predicted octanol–water partition coefficient (Wildman–Crippen LogP) is 1.67. The molecule has 2 N–H and O–H groups in total. The number of benzene rings is 1. The number of hydrogen-bond donors (Lipinski definition) is 2. The van der Waals surface area contributed by atoms with Gasteiger partial charge >= 0.3 is 0 Å². The van der Waals surface area contributed by atoms with Crippen molar-refractivity contribution in [3.63, 3.8) is 0 Å². The van der Waals surface area contributed by atoms with E-state index in [9.17, 15) is 15.5 Å². The fourth-order valence-corrected chi connectivity index (χ4v) is 2.95. The van der Waals surface area contributed by atoms with Gasteiger partial charge in [-0.2, -0.15) is 5.26 Å². The van der Waals surface area contributed by atoms with Crippen LogP contribution in [0.25, 0.3) is 0 Å². The summed E-state index contributed by atoms with van der Waals surface area (Å²) in [5.74, 6) is 0. The molecule has 0 spiro atoms. The lowest BCUT2D eigenvalue weighted by molar-refractivity contribution is -0.171. The van der Waals surface area contributed by atoms with Crippen molar-refractivity contribution in [2.75, 3.05) is 26.4 Å². The Kier molecular flexibility index (Phi) is 8.87. The molecule has 1 aliphatic rings. The molecule has 0 aliphatic carbocycles. The summed E-state index contributed by atoms with van der Waals surface area (Å²) in [6.07, 6.45) is 2.25. The highest BCUT2D eigenvalue weighted by Gasteiger charge is 2.24. The highest BCUT2D eigenvalue weighted by molar-refractivity contribution is 5.14. The quantitative estimate of drug-likeness (QED) is 0.669. The van der Waals surface area contributed by atoms with Crippen LogP contribution in [0.2, 0.25) is 0 Å². The van der Waals surface area contributed by atoms with E-state index in [0.717, 1.165) is 24.8 Å². The van der Waals surface area contributed by atoms with Crippen LogP contribution < -0.4 is 0 Å². The van der Waals surface area contributed by atoms with Crippen molar-refractivity contribution in [2.24, 2.45) is 0 Å². The van der Waals surface area contributed by atoms with E-state index in [0.29, 0.717) is 19.8 Å². The van der Waals surface area contributed by atoms with Crippen LogP contribution in [-0.4, -0.2) is 59.9 Å². The number of nitrogens with zero attached hydrogens (tertiary/aromatic N) is 2.